The third-order valence-electron chi connectivity index (χ3n) is 4.51. The zero-order chi connectivity index (χ0) is 15.3. The van der Waals surface area contributed by atoms with Crippen molar-refractivity contribution in [1.82, 2.24) is 5.43 Å². The second kappa shape index (κ2) is 7.41. The van der Waals surface area contributed by atoms with E-state index in [1.807, 2.05) is 6.07 Å². The molecule has 0 aliphatic rings. The lowest BCUT2D eigenvalue weighted by atomic mass is 9.69. The van der Waals surface area contributed by atoms with Crippen molar-refractivity contribution in [3.63, 3.8) is 0 Å². The largest absolute Gasteiger partial charge is 0.271 e. The van der Waals surface area contributed by atoms with Gasteiger partial charge in [0.25, 0.3) is 0 Å². The number of hydrogen-bond acceptors (Lipinski definition) is 3. The van der Waals surface area contributed by atoms with E-state index in [-0.39, 0.29) is 11.5 Å². The molecule has 0 aliphatic heterocycles. The van der Waals surface area contributed by atoms with Gasteiger partial charge in [0.15, 0.2) is 0 Å². The summed E-state index contributed by atoms with van der Waals surface area (Å²) in [6, 6.07) is 14.9. The highest BCUT2D eigenvalue weighted by Gasteiger charge is 2.37. The first-order valence-corrected chi connectivity index (χ1v) is 8.61. The molecular weight excluding hydrogens is 300 g/mol. The van der Waals surface area contributed by atoms with Crippen molar-refractivity contribution in [1.29, 1.82) is 0 Å². The van der Waals surface area contributed by atoms with E-state index < -0.39 is 0 Å². The zero-order valence-electron chi connectivity index (χ0n) is 12.6. The average Bonchev–Trinajstić information content (AvgIpc) is 2.94. The van der Waals surface area contributed by atoms with Gasteiger partial charge in [-0.1, -0.05) is 55.8 Å². The van der Waals surface area contributed by atoms with E-state index in [0.29, 0.717) is 0 Å². The molecule has 0 fully saturated rings. The van der Waals surface area contributed by atoms with Gasteiger partial charge in [0, 0.05) is 16.3 Å². The number of rotatable bonds is 7. The number of nitrogens with one attached hydrogen (secondary N) is 1. The van der Waals surface area contributed by atoms with Gasteiger partial charge in [-0.3, -0.25) is 11.3 Å². The number of benzene rings is 1. The molecule has 1 aromatic carbocycles. The van der Waals surface area contributed by atoms with Gasteiger partial charge in [-0.05, 0) is 37.0 Å². The highest BCUT2D eigenvalue weighted by atomic mass is 35.5. The molecule has 21 heavy (non-hydrogen) atoms. The van der Waals surface area contributed by atoms with Crippen molar-refractivity contribution in [2.24, 2.45) is 5.84 Å². The summed E-state index contributed by atoms with van der Waals surface area (Å²) in [4.78, 5) is 1.27. The van der Waals surface area contributed by atoms with Gasteiger partial charge >= 0.3 is 0 Å². The fourth-order valence-corrected chi connectivity index (χ4v) is 4.33. The molecule has 1 aromatic heterocycles. The Labute approximate surface area is 136 Å². The van der Waals surface area contributed by atoms with Crippen LogP contribution in [0, 0.1) is 0 Å². The molecule has 0 amide bonds. The molecule has 0 radical (unpaired) electrons. The van der Waals surface area contributed by atoms with Gasteiger partial charge in [-0.15, -0.1) is 11.3 Å². The Balaban J connectivity index is 2.34. The van der Waals surface area contributed by atoms with Crippen molar-refractivity contribution in [2.45, 2.75) is 44.6 Å². The number of hydrazine groups is 1. The topological polar surface area (TPSA) is 38.0 Å². The summed E-state index contributed by atoms with van der Waals surface area (Å²) in [6.07, 6.45) is 2.98. The minimum Gasteiger partial charge on any atom is -0.271 e. The molecule has 1 heterocycles. The third kappa shape index (κ3) is 3.49. The fourth-order valence-electron chi connectivity index (χ4n) is 3.20. The molecular formula is C17H23ClN2S. The quantitative estimate of drug-likeness (QED) is 0.580. The first-order valence-electron chi connectivity index (χ1n) is 7.42. The molecule has 2 nitrogen and oxygen atoms in total. The molecule has 0 saturated carbocycles. The molecule has 0 bridgehead atoms. The number of hydrogen-bond donors (Lipinski definition) is 2. The molecule has 1 unspecified atom stereocenters. The lowest BCUT2D eigenvalue weighted by molar-refractivity contribution is 0.271. The lowest BCUT2D eigenvalue weighted by Gasteiger charge is -2.40. The maximum atomic E-state index is 6.05. The van der Waals surface area contributed by atoms with Gasteiger partial charge in [0.2, 0.25) is 0 Å². The van der Waals surface area contributed by atoms with E-state index in [0.717, 1.165) is 23.6 Å². The number of nitrogens with two attached hydrogens (primary N) is 1. The molecule has 2 rings (SSSR count). The lowest BCUT2D eigenvalue weighted by Crippen LogP contribution is -2.52. The van der Waals surface area contributed by atoms with Gasteiger partial charge < -0.3 is 0 Å². The summed E-state index contributed by atoms with van der Waals surface area (Å²) in [5.74, 6) is 5.92. The van der Waals surface area contributed by atoms with Crippen molar-refractivity contribution in [3.8, 4) is 0 Å². The first kappa shape index (κ1) is 16.5. The van der Waals surface area contributed by atoms with Crippen LogP contribution in [0.4, 0.5) is 0 Å². The van der Waals surface area contributed by atoms with Crippen LogP contribution in [0.3, 0.4) is 0 Å². The Morgan fingerprint density at radius 2 is 1.81 bits per heavy atom. The van der Waals surface area contributed by atoms with Crippen LogP contribution in [0.25, 0.3) is 0 Å². The van der Waals surface area contributed by atoms with Crippen molar-refractivity contribution in [3.05, 3.63) is 57.2 Å². The van der Waals surface area contributed by atoms with E-state index in [1.54, 1.807) is 11.3 Å². The molecule has 2 aromatic rings. The Hall–Kier alpha value is -0.870. The maximum absolute atomic E-state index is 6.05. The molecule has 0 aliphatic carbocycles. The highest BCUT2D eigenvalue weighted by Crippen LogP contribution is 2.37. The maximum Gasteiger partial charge on any atom is 0.0931 e. The number of halogens is 1. The van der Waals surface area contributed by atoms with Crippen LogP contribution in [-0.4, -0.2) is 6.04 Å². The van der Waals surface area contributed by atoms with Crippen molar-refractivity contribution >= 4 is 22.9 Å². The summed E-state index contributed by atoms with van der Waals surface area (Å²) in [5, 5.41) is 0. The molecule has 114 valence electrons. The van der Waals surface area contributed by atoms with Gasteiger partial charge in [-0.25, -0.2) is 0 Å². The molecule has 4 heteroatoms. The van der Waals surface area contributed by atoms with Gasteiger partial charge in [0.05, 0.1) is 4.34 Å². The summed E-state index contributed by atoms with van der Waals surface area (Å²) in [6.45, 7) is 4.48. The van der Waals surface area contributed by atoms with E-state index in [4.69, 9.17) is 17.4 Å². The van der Waals surface area contributed by atoms with Crippen LogP contribution in [0.5, 0.6) is 0 Å². The van der Waals surface area contributed by atoms with Crippen LogP contribution in [0.1, 0.15) is 37.1 Å². The molecule has 3 N–H and O–H groups in total. The third-order valence-corrected chi connectivity index (χ3v) is 5.77. The van der Waals surface area contributed by atoms with Crippen LogP contribution in [-0.2, 0) is 11.8 Å². The molecule has 0 spiro atoms. The monoisotopic (exact) mass is 322 g/mol. The van der Waals surface area contributed by atoms with E-state index in [2.05, 4.69) is 55.7 Å². The van der Waals surface area contributed by atoms with Crippen molar-refractivity contribution in [2.75, 3.05) is 0 Å². The predicted octanol–water partition coefficient (Wildman–Crippen LogP) is 4.53. The average molecular weight is 323 g/mol. The normalized spacial score (nSPS) is 13.3. The minimum absolute atomic E-state index is 0.0342. The van der Waals surface area contributed by atoms with E-state index in [1.165, 1.54) is 10.4 Å². The highest BCUT2D eigenvalue weighted by molar-refractivity contribution is 7.16. The molecule has 0 saturated heterocycles. The van der Waals surface area contributed by atoms with Crippen molar-refractivity contribution < 1.29 is 0 Å². The van der Waals surface area contributed by atoms with Crippen LogP contribution in [0.2, 0.25) is 4.34 Å². The van der Waals surface area contributed by atoms with Gasteiger partial charge in [0.1, 0.15) is 0 Å². The van der Waals surface area contributed by atoms with Crippen LogP contribution < -0.4 is 11.3 Å². The minimum atomic E-state index is 0.0342. The van der Waals surface area contributed by atoms with Crippen LogP contribution in [0.15, 0.2) is 42.5 Å². The predicted molar refractivity (Wildman–Crippen MR) is 92.8 cm³/mol. The Kier molecular flexibility index (Phi) is 5.82. The Morgan fingerprint density at radius 3 is 2.29 bits per heavy atom. The fraction of sp³-hybridized carbons (Fsp3) is 0.412. The Bertz CT molecular complexity index is 549. The molecule has 1 atom stereocenters. The number of thiophene rings is 1. The van der Waals surface area contributed by atoms with E-state index >= 15 is 0 Å². The van der Waals surface area contributed by atoms with Crippen LogP contribution >= 0.6 is 22.9 Å². The summed E-state index contributed by atoms with van der Waals surface area (Å²) >= 11 is 7.69. The van der Waals surface area contributed by atoms with E-state index in [9.17, 15) is 0 Å². The van der Waals surface area contributed by atoms with Gasteiger partial charge in [-0.2, -0.15) is 0 Å². The summed E-state index contributed by atoms with van der Waals surface area (Å²) in [7, 11) is 0. The summed E-state index contributed by atoms with van der Waals surface area (Å²) < 4.78 is 0.832. The summed E-state index contributed by atoms with van der Waals surface area (Å²) in [5.41, 5.74) is 4.45. The smallest absolute Gasteiger partial charge is 0.0931 e. The standard InChI is InChI=1S/C17H23ClN2S/c1-3-17(4-2,13-8-6-5-7-9-13)15(20-19)12-14-10-11-16(18)21-14/h5-11,15,20H,3-4,12,19H2,1-2H3. The Morgan fingerprint density at radius 1 is 1.14 bits per heavy atom. The second-order valence-electron chi connectivity index (χ2n) is 5.36. The zero-order valence-corrected chi connectivity index (χ0v) is 14.2. The second-order valence-corrected chi connectivity index (χ2v) is 7.16. The SMILES string of the molecule is CCC(CC)(c1ccccc1)C(Cc1ccc(Cl)s1)NN. The first-order chi connectivity index (χ1) is 10.2.